The van der Waals surface area contributed by atoms with Gasteiger partial charge in [-0.3, -0.25) is 4.79 Å². The van der Waals surface area contributed by atoms with Gasteiger partial charge < -0.3 is 4.90 Å². The van der Waals surface area contributed by atoms with E-state index in [0.717, 1.165) is 23.5 Å². The monoisotopic (exact) mass is 258 g/mol. The zero-order valence-electron chi connectivity index (χ0n) is 10.8. The molecular formula is C12H14N6O. The minimum atomic E-state index is -0.0557. The van der Waals surface area contributed by atoms with Crippen molar-refractivity contribution in [2.45, 2.75) is 26.3 Å². The highest BCUT2D eigenvalue weighted by Crippen LogP contribution is 2.26. The first-order valence-electron chi connectivity index (χ1n) is 6.16. The fraction of sp³-hybridized carbons (Fsp3) is 0.417. The molecule has 0 fully saturated rings. The smallest absolute Gasteiger partial charge is 0.252 e. The second-order valence-corrected chi connectivity index (χ2v) is 4.60. The quantitative estimate of drug-likeness (QED) is 0.730. The SMILES string of the molecule is Cc1ccnc(-n2nnc3c2CCN(C=O)C3C)n1. The number of aromatic nitrogens is 5. The summed E-state index contributed by atoms with van der Waals surface area (Å²) in [6.07, 6.45) is 3.27. The van der Waals surface area contributed by atoms with Crippen LogP contribution in [0.1, 0.15) is 30.0 Å². The predicted molar refractivity (Wildman–Crippen MR) is 66.6 cm³/mol. The predicted octanol–water partition coefficient (Wildman–Crippen LogP) is 0.441. The summed E-state index contributed by atoms with van der Waals surface area (Å²) >= 11 is 0. The van der Waals surface area contributed by atoms with Gasteiger partial charge in [-0.15, -0.1) is 5.10 Å². The van der Waals surface area contributed by atoms with Gasteiger partial charge in [-0.05, 0) is 19.9 Å². The molecule has 2 aromatic heterocycles. The van der Waals surface area contributed by atoms with E-state index in [-0.39, 0.29) is 6.04 Å². The summed E-state index contributed by atoms with van der Waals surface area (Å²) in [6, 6.07) is 1.78. The van der Waals surface area contributed by atoms with Crippen LogP contribution in [0, 0.1) is 6.92 Å². The number of nitrogens with zero attached hydrogens (tertiary/aromatic N) is 6. The summed E-state index contributed by atoms with van der Waals surface area (Å²) in [4.78, 5) is 21.2. The summed E-state index contributed by atoms with van der Waals surface area (Å²) < 4.78 is 1.67. The highest BCUT2D eigenvalue weighted by atomic mass is 16.1. The Morgan fingerprint density at radius 1 is 1.47 bits per heavy atom. The molecule has 0 radical (unpaired) electrons. The van der Waals surface area contributed by atoms with Gasteiger partial charge in [0.2, 0.25) is 6.41 Å². The first-order chi connectivity index (χ1) is 9.20. The molecule has 0 aliphatic carbocycles. The van der Waals surface area contributed by atoms with E-state index < -0.39 is 0 Å². The van der Waals surface area contributed by atoms with Crippen molar-refractivity contribution in [3.63, 3.8) is 0 Å². The van der Waals surface area contributed by atoms with E-state index in [2.05, 4.69) is 20.3 Å². The van der Waals surface area contributed by atoms with Crippen LogP contribution in [0.15, 0.2) is 12.3 Å². The zero-order valence-corrected chi connectivity index (χ0v) is 10.8. The van der Waals surface area contributed by atoms with Gasteiger partial charge in [0.25, 0.3) is 5.95 Å². The molecule has 1 aliphatic rings. The van der Waals surface area contributed by atoms with Crippen molar-refractivity contribution in [3.05, 3.63) is 29.3 Å². The highest BCUT2D eigenvalue weighted by Gasteiger charge is 2.28. The van der Waals surface area contributed by atoms with E-state index in [4.69, 9.17) is 0 Å². The highest BCUT2D eigenvalue weighted by molar-refractivity contribution is 5.49. The van der Waals surface area contributed by atoms with Crippen molar-refractivity contribution < 1.29 is 4.79 Å². The van der Waals surface area contributed by atoms with Gasteiger partial charge in [0.15, 0.2) is 0 Å². The average Bonchev–Trinajstić information content (AvgIpc) is 2.84. The molecule has 1 atom stereocenters. The van der Waals surface area contributed by atoms with Gasteiger partial charge in [-0.1, -0.05) is 5.21 Å². The second kappa shape index (κ2) is 4.42. The van der Waals surface area contributed by atoms with Gasteiger partial charge in [0.1, 0.15) is 5.69 Å². The molecule has 0 N–H and O–H groups in total. The van der Waals surface area contributed by atoms with Crippen molar-refractivity contribution in [1.29, 1.82) is 0 Å². The topological polar surface area (TPSA) is 76.8 Å². The standard InChI is InChI=1S/C12H14N6O/c1-8-3-5-13-12(14-8)18-10-4-6-17(7-19)9(2)11(10)15-16-18/h3,5,7,9H,4,6H2,1-2H3. The molecule has 7 heteroatoms. The van der Waals surface area contributed by atoms with Gasteiger partial charge in [0, 0.05) is 24.9 Å². The number of carbonyl (C=O) groups excluding carboxylic acids is 1. The minimum absolute atomic E-state index is 0.0557. The van der Waals surface area contributed by atoms with Gasteiger partial charge in [0.05, 0.1) is 11.7 Å². The molecule has 1 unspecified atom stereocenters. The number of carbonyl (C=O) groups is 1. The largest absolute Gasteiger partial charge is 0.336 e. The lowest BCUT2D eigenvalue weighted by molar-refractivity contribution is -0.120. The zero-order chi connectivity index (χ0) is 13.4. The van der Waals surface area contributed by atoms with E-state index >= 15 is 0 Å². The number of amides is 1. The summed E-state index contributed by atoms with van der Waals surface area (Å²) in [7, 11) is 0. The van der Waals surface area contributed by atoms with Gasteiger partial charge in [-0.25, -0.2) is 9.97 Å². The maximum Gasteiger partial charge on any atom is 0.252 e. The Bertz CT molecular complexity index is 622. The molecule has 1 aliphatic heterocycles. The van der Waals surface area contributed by atoms with Crippen molar-refractivity contribution in [1.82, 2.24) is 29.9 Å². The molecule has 98 valence electrons. The molecule has 7 nitrogen and oxygen atoms in total. The lowest BCUT2D eigenvalue weighted by atomic mass is 10.1. The number of aryl methyl sites for hydroxylation is 1. The fourth-order valence-electron chi connectivity index (χ4n) is 2.30. The van der Waals surface area contributed by atoms with Gasteiger partial charge >= 0.3 is 0 Å². The lowest BCUT2D eigenvalue weighted by Crippen LogP contribution is -2.33. The third kappa shape index (κ3) is 1.87. The van der Waals surface area contributed by atoms with Crippen LogP contribution >= 0.6 is 0 Å². The Morgan fingerprint density at radius 2 is 2.32 bits per heavy atom. The van der Waals surface area contributed by atoms with E-state index in [1.54, 1.807) is 15.8 Å². The van der Waals surface area contributed by atoms with Crippen molar-refractivity contribution in [2.75, 3.05) is 6.54 Å². The average molecular weight is 258 g/mol. The van der Waals surface area contributed by atoms with Crippen LogP contribution in [0.5, 0.6) is 0 Å². The molecule has 0 aromatic carbocycles. The van der Waals surface area contributed by atoms with Crippen molar-refractivity contribution >= 4 is 6.41 Å². The summed E-state index contributed by atoms with van der Waals surface area (Å²) in [5, 5.41) is 8.30. The Balaban J connectivity index is 2.05. The molecule has 2 aromatic rings. The van der Waals surface area contributed by atoms with Crippen molar-refractivity contribution in [2.24, 2.45) is 0 Å². The van der Waals surface area contributed by atoms with Crippen LogP contribution in [-0.4, -0.2) is 42.8 Å². The summed E-state index contributed by atoms with van der Waals surface area (Å²) in [5.74, 6) is 0.528. The first kappa shape index (κ1) is 11.8. The molecule has 3 rings (SSSR count). The van der Waals surface area contributed by atoms with E-state index in [1.165, 1.54) is 0 Å². The molecule has 0 saturated carbocycles. The Morgan fingerprint density at radius 3 is 3.05 bits per heavy atom. The third-order valence-electron chi connectivity index (χ3n) is 3.40. The van der Waals surface area contributed by atoms with Crippen LogP contribution in [-0.2, 0) is 11.2 Å². The number of fused-ring (bicyclic) bond motifs is 1. The van der Waals surface area contributed by atoms with Crippen LogP contribution in [0.25, 0.3) is 5.95 Å². The van der Waals surface area contributed by atoms with Crippen molar-refractivity contribution in [3.8, 4) is 5.95 Å². The Hall–Kier alpha value is -2.31. The maximum absolute atomic E-state index is 10.9. The molecule has 19 heavy (non-hydrogen) atoms. The van der Waals surface area contributed by atoms with Crippen LogP contribution in [0.2, 0.25) is 0 Å². The molecular weight excluding hydrogens is 244 g/mol. The van der Waals surface area contributed by atoms with Crippen LogP contribution in [0.4, 0.5) is 0 Å². The molecule has 3 heterocycles. The lowest BCUT2D eigenvalue weighted by Gasteiger charge is -2.28. The molecule has 0 bridgehead atoms. The van der Waals surface area contributed by atoms with E-state index in [9.17, 15) is 4.79 Å². The van der Waals surface area contributed by atoms with Crippen LogP contribution < -0.4 is 0 Å². The van der Waals surface area contributed by atoms with E-state index in [1.807, 2.05) is 19.9 Å². The number of rotatable bonds is 2. The Kier molecular flexibility index (Phi) is 2.73. The van der Waals surface area contributed by atoms with Gasteiger partial charge in [-0.2, -0.15) is 4.68 Å². The third-order valence-corrected chi connectivity index (χ3v) is 3.40. The summed E-state index contributed by atoms with van der Waals surface area (Å²) in [6.45, 7) is 4.52. The van der Waals surface area contributed by atoms with E-state index in [0.29, 0.717) is 18.9 Å². The number of hydrogen-bond acceptors (Lipinski definition) is 5. The number of hydrogen-bond donors (Lipinski definition) is 0. The Labute approximate surface area is 110 Å². The first-order valence-corrected chi connectivity index (χ1v) is 6.16. The van der Waals surface area contributed by atoms with Crippen LogP contribution in [0.3, 0.4) is 0 Å². The fourth-order valence-corrected chi connectivity index (χ4v) is 2.30. The summed E-state index contributed by atoms with van der Waals surface area (Å²) in [5.41, 5.74) is 2.69. The minimum Gasteiger partial charge on any atom is -0.336 e. The molecule has 1 amide bonds. The maximum atomic E-state index is 10.9. The molecule has 0 saturated heterocycles. The molecule has 0 spiro atoms. The normalized spacial score (nSPS) is 18.2. The second-order valence-electron chi connectivity index (χ2n) is 4.60.